The molecule has 2 aliphatic rings. The molecule has 2 aliphatic carbocycles. The number of hydrogen-bond donors (Lipinski definition) is 0. The van der Waals surface area contributed by atoms with Gasteiger partial charge in [-0.25, -0.2) is 23.2 Å². The number of sulfone groups is 1. The van der Waals surface area contributed by atoms with Crippen LogP contribution in [-0.4, -0.2) is 65.7 Å². The van der Waals surface area contributed by atoms with Gasteiger partial charge in [-0.05, 0) is 64.9 Å². The van der Waals surface area contributed by atoms with E-state index in [4.69, 9.17) is 9.47 Å². The van der Waals surface area contributed by atoms with E-state index in [1.54, 1.807) is 30.2 Å². The molecule has 188 valence electrons. The van der Waals surface area contributed by atoms with E-state index >= 15 is 0 Å². The van der Waals surface area contributed by atoms with Crippen LogP contribution in [0.25, 0.3) is 10.2 Å². The van der Waals surface area contributed by atoms with Crippen LogP contribution in [0.1, 0.15) is 76.2 Å². The summed E-state index contributed by atoms with van der Waals surface area (Å²) >= 11 is 1.63. The number of aromatic nitrogens is 2. The quantitative estimate of drug-likeness (QED) is 0.556. The fourth-order valence-corrected chi connectivity index (χ4v) is 7.33. The van der Waals surface area contributed by atoms with Crippen LogP contribution < -0.4 is 4.74 Å². The maximum Gasteiger partial charge on any atom is 0.410 e. The summed E-state index contributed by atoms with van der Waals surface area (Å²) in [6.07, 6.45) is 6.22. The summed E-state index contributed by atoms with van der Waals surface area (Å²) in [5.74, 6) is 0.855. The molecule has 1 amide bonds. The van der Waals surface area contributed by atoms with Crippen molar-refractivity contribution in [3.05, 3.63) is 16.8 Å². The third-order valence-corrected chi connectivity index (χ3v) is 9.70. The standard InChI is InChI=1S/C24H35N3O5S2/c1-6-34(29,30)13-15-7-12-18-19(15)20-21(25-14-26-22(20)33-18)31-17-10-8-16(9-11-17)27(5)23(28)32-24(2,3)4/h14-17H,6-13H2,1-5H3. The predicted molar refractivity (Wildman–Crippen MR) is 133 cm³/mol. The predicted octanol–water partition coefficient (Wildman–Crippen LogP) is 4.71. The van der Waals surface area contributed by atoms with Gasteiger partial charge in [0, 0.05) is 29.6 Å². The number of carbonyl (C=O) groups excluding carboxylic acids is 1. The largest absolute Gasteiger partial charge is 0.474 e. The molecule has 1 saturated carbocycles. The molecule has 2 aromatic heterocycles. The normalized spacial score (nSPS) is 23.0. The second-order valence-corrected chi connectivity index (χ2v) is 13.9. The molecule has 10 heteroatoms. The Labute approximate surface area is 206 Å². The Kier molecular flexibility index (Phi) is 7.11. The van der Waals surface area contributed by atoms with Crippen molar-refractivity contribution in [1.29, 1.82) is 0 Å². The summed E-state index contributed by atoms with van der Waals surface area (Å²) in [6, 6.07) is 0.120. The molecule has 0 spiro atoms. The van der Waals surface area contributed by atoms with Gasteiger partial charge in [-0.3, -0.25) is 0 Å². The molecular formula is C24H35N3O5S2. The fraction of sp³-hybridized carbons (Fsp3) is 0.708. The van der Waals surface area contributed by atoms with Crippen molar-refractivity contribution in [2.24, 2.45) is 0 Å². The highest BCUT2D eigenvalue weighted by atomic mass is 32.2. The topological polar surface area (TPSA) is 98.7 Å². The molecule has 2 aromatic rings. The zero-order valence-corrected chi connectivity index (χ0v) is 22.3. The maximum absolute atomic E-state index is 12.4. The van der Waals surface area contributed by atoms with Crippen LogP contribution in [0.4, 0.5) is 4.79 Å². The molecule has 0 bridgehead atoms. The van der Waals surface area contributed by atoms with Crippen molar-refractivity contribution in [3.8, 4) is 5.88 Å². The smallest absolute Gasteiger partial charge is 0.410 e. The fourth-order valence-electron chi connectivity index (χ4n) is 4.91. The van der Waals surface area contributed by atoms with Gasteiger partial charge in [0.2, 0.25) is 5.88 Å². The number of nitrogens with zero attached hydrogens (tertiary/aromatic N) is 3. The first-order valence-electron chi connectivity index (χ1n) is 12.1. The average Bonchev–Trinajstić information content (AvgIpc) is 3.32. The third kappa shape index (κ3) is 5.48. The van der Waals surface area contributed by atoms with Gasteiger partial charge in [0.15, 0.2) is 9.84 Å². The number of hydrogen-bond acceptors (Lipinski definition) is 8. The van der Waals surface area contributed by atoms with Crippen molar-refractivity contribution in [3.63, 3.8) is 0 Å². The van der Waals surface area contributed by atoms with Crippen LogP contribution in [0.5, 0.6) is 5.88 Å². The first-order valence-corrected chi connectivity index (χ1v) is 14.7. The third-order valence-electron chi connectivity index (χ3n) is 6.74. The molecule has 4 rings (SSSR count). The molecule has 0 radical (unpaired) electrons. The van der Waals surface area contributed by atoms with Crippen LogP contribution in [0.15, 0.2) is 6.33 Å². The van der Waals surface area contributed by atoms with Gasteiger partial charge in [-0.2, -0.15) is 0 Å². The van der Waals surface area contributed by atoms with Gasteiger partial charge >= 0.3 is 6.09 Å². The van der Waals surface area contributed by atoms with E-state index in [2.05, 4.69) is 9.97 Å². The lowest BCUT2D eigenvalue weighted by Gasteiger charge is -2.35. The lowest BCUT2D eigenvalue weighted by Crippen LogP contribution is -2.43. The van der Waals surface area contributed by atoms with E-state index < -0.39 is 15.4 Å². The van der Waals surface area contributed by atoms with Gasteiger partial charge in [0.25, 0.3) is 0 Å². The summed E-state index contributed by atoms with van der Waals surface area (Å²) in [5, 5.41) is 0.893. The Morgan fingerprint density at radius 1 is 1.18 bits per heavy atom. The molecule has 0 aliphatic heterocycles. The van der Waals surface area contributed by atoms with Gasteiger partial charge in [0.05, 0.1) is 11.1 Å². The molecule has 1 unspecified atom stereocenters. The van der Waals surface area contributed by atoms with Crippen LogP contribution >= 0.6 is 11.3 Å². The molecule has 1 fully saturated rings. The van der Waals surface area contributed by atoms with E-state index in [1.165, 1.54) is 11.2 Å². The molecule has 0 aromatic carbocycles. The van der Waals surface area contributed by atoms with Crippen LogP contribution in [0, 0.1) is 0 Å². The lowest BCUT2D eigenvalue weighted by atomic mass is 9.92. The number of ether oxygens (including phenoxy) is 2. The Morgan fingerprint density at radius 3 is 2.53 bits per heavy atom. The number of fused-ring (bicyclic) bond motifs is 3. The number of amides is 1. The van der Waals surface area contributed by atoms with Crippen molar-refractivity contribution >= 4 is 37.5 Å². The number of rotatable bonds is 6. The minimum atomic E-state index is -3.08. The first-order chi connectivity index (χ1) is 16.0. The van der Waals surface area contributed by atoms with Crippen LogP contribution in [-0.2, 0) is 21.0 Å². The molecule has 2 heterocycles. The molecular weight excluding hydrogens is 474 g/mol. The Balaban J connectivity index is 1.47. The van der Waals surface area contributed by atoms with Crippen molar-refractivity contribution < 1.29 is 22.7 Å². The zero-order valence-electron chi connectivity index (χ0n) is 20.7. The van der Waals surface area contributed by atoms with E-state index in [0.29, 0.717) is 5.88 Å². The molecule has 34 heavy (non-hydrogen) atoms. The highest BCUT2D eigenvalue weighted by molar-refractivity contribution is 7.91. The highest BCUT2D eigenvalue weighted by Gasteiger charge is 2.34. The maximum atomic E-state index is 12.4. The van der Waals surface area contributed by atoms with Crippen molar-refractivity contribution in [2.45, 2.75) is 89.9 Å². The Hall–Kier alpha value is -1.94. The summed E-state index contributed by atoms with van der Waals surface area (Å²) in [4.78, 5) is 25.1. The first kappa shape index (κ1) is 25.2. The summed E-state index contributed by atoms with van der Waals surface area (Å²) in [7, 11) is -1.29. The Bertz CT molecular complexity index is 1150. The van der Waals surface area contributed by atoms with Gasteiger partial charge in [0.1, 0.15) is 22.9 Å². The van der Waals surface area contributed by atoms with E-state index in [1.807, 2.05) is 20.8 Å². The minimum absolute atomic E-state index is 0.00355. The molecule has 8 nitrogen and oxygen atoms in total. The zero-order chi connectivity index (χ0) is 24.7. The van der Waals surface area contributed by atoms with Gasteiger partial charge < -0.3 is 14.4 Å². The summed E-state index contributed by atoms with van der Waals surface area (Å²) in [6.45, 7) is 7.31. The van der Waals surface area contributed by atoms with Crippen LogP contribution in [0.2, 0.25) is 0 Å². The SMILES string of the molecule is CCS(=O)(=O)CC1CCc2sc3ncnc(OC4CCC(N(C)C(=O)OC(C)(C)C)CC4)c3c21. The monoisotopic (exact) mass is 509 g/mol. The number of thiophene rings is 1. The second-order valence-electron chi connectivity index (χ2n) is 10.4. The summed E-state index contributed by atoms with van der Waals surface area (Å²) in [5.41, 5.74) is 0.560. The molecule has 0 N–H and O–H groups in total. The number of carbonyl (C=O) groups is 1. The highest BCUT2D eigenvalue weighted by Crippen LogP contribution is 2.46. The van der Waals surface area contributed by atoms with E-state index in [0.717, 1.165) is 54.3 Å². The second kappa shape index (κ2) is 9.60. The van der Waals surface area contributed by atoms with Gasteiger partial charge in [-0.1, -0.05) is 6.92 Å². The van der Waals surface area contributed by atoms with E-state index in [9.17, 15) is 13.2 Å². The molecule has 0 saturated heterocycles. The van der Waals surface area contributed by atoms with E-state index in [-0.39, 0.29) is 35.7 Å². The van der Waals surface area contributed by atoms with Crippen molar-refractivity contribution in [1.82, 2.24) is 14.9 Å². The molecule has 1 atom stereocenters. The summed E-state index contributed by atoms with van der Waals surface area (Å²) < 4.78 is 36.6. The minimum Gasteiger partial charge on any atom is -0.474 e. The Morgan fingerprint density at radius 2 is 1.88 bits per heavy atom. The van der Waals surface area contributed by atoms with Crippen molar-refractivity contribution in [2.75, 3.05) is 18.6 Å². The lowest BCUT2D eigenvalue weighted by molar-refractivity contribution is 0.0137. The van der Waals surface area contributed by atoms with Crippen LogP contribution in [0.3, 0.4) is 0 Å². The average molecular weight is 510 g/mol. The van der Waals surface area contributed by atoms with Gasteiger partial charge in [-0.15, -0.1) is 11.3 Å². The number of aryl methyl sites for hydroxylation is 1.